The number of benzene rings is 1. The van der Waals surface area contributed by atoms with E-state index in [1.807, 2.05) is 4.90 Å². The Hall–Kier alpha value is -3.05. The van der Waals surface area contributed by atoms with Gasteiger partial charge in [-0.2, -0.15) is 0 Å². The SMILES string of the molecule is CCN1CCN(C(=O)C2CCCN(C(=O)c3nnc(C(=O)Nc4ccc(OC)cc4)s3)C2)CC1. The molecule has 1 atom stereocenters. The molecule has 2 saturated heterocycles. The van der Waals surface area contributed by atoms with Crippen molar-refractivity contribution < 1.29 is 19.1 Å². The molecular formula is C23H30N6O4S. The topological polar surface area (TPSA) is 108 Å². The molecular weight excluding hydrogens is 456 g/mol. The first-order valence-corrected chi connectivity index (χ1v) is 12.4. The van der Waals surface area contributed by atoms with Crippen molar-refractivity contribution in [1.82, 2.24) is 24.9 Å². The van der Waals surface area contributed by atoms with Gasteiger partial charge in [0.05, 0.1) is 13.0 Å². The lowest BCUT2D eigenvalue weighted by molar-refractivity contribution is -0.138. The Morgan fingerprint density at radius 3 is 2.41 bits per heavy atom. The van der Waals surface area contributed by atoms with Crippen LogP contribution in [0.4, 0.5) is 5.69 Å². The summed E-state index contributed by atoms with van der Waals surface area (Å²) in [5, 5.41) is 10.9. The number of aromatic nitrogens is 2. The van der Waals surface area contributed by atoms with E-state index in [1.165, 1.54) is 0 Å². The van der Waals surface area contributed by atoms with Crippen LogP contribution in [0, 0.1) is 5.92 Å². The number of piperidine rings is 1. The standard InChI is InChI=1S/C23H30N6O4S/c1-3-27-11-13-28(14-12-27)22(31)16-5-4-10-29(15-16)23(32)21-26-25-20(34-21)19(30)24-17-6-8-18(33-2)9-7-17/h6-9,16H,3-5,10-15H2,1-2H3,(H,24,30). The van der Waals surface area contributed by atoms with Gasteiger partial charge in [-0.25, -0.2) is 0 Å². The van der Waals surface area contributed by atoms with Crippen molar-refractivity contribution in [2.45, 2.75) is 19.8 Å². The molecule has 34 heavy (non-hydrogen) atoms. The highest BCUT2D eigenvalue weighted by Crippen LogP contribution is 2.23. The molecule has 1 aromatic heterocycles. The maximum Gasteiger partial charge on any atom is 0.286 e. The van der Waals surface area contributed by atoms with Gasteiger partial charge < -0.3 is 24.8 Å². The number of likely N-dealkylation sites (N-methyl/N-ethyl adjacent to an activating group) is 1. The number of piperazine rings is 1. The monoisotopic (exact) mass is 486 g/mol. The van der Waals surface area contributed by atoms with E-state index < -0.39 is 5.91 Å². The predicted molar refractivity (Wildman–Crippen MR) is 128 cm³/mol. The highest BCUT2D eigenvalue weighted by atomic mass is 32.1. The summed E-state index contributed by atoms with van der Waals surface area (Å²) in [6.45, 7) is 7.32. The van der Waals surface area contributed by atoms with Crippen molar-refractivity contribution in [3.63, 3.8) is 0 Å². The van der Waals surface area contributed by atoms with Crippen LogP contribution >= 0.6 is 11.3 Å². The fourth-order valence-electron chi connectivity index (χ4n) is 4.30. The third kappa shape index (κ3) is 5.53. The van der Waals surface area contributed by atoms with E-state index in [2.05, 4.69) is 27.3 Å². The van der Waals surface area contributed by atoms with Gasteiger partial charge in [0, 0.05) is 45.0 Å². The summed E-state index contributed by atoms with van der Waals surface area (Å²) in [4.78, 5) is 44.5. The summed E-state index contributed by atoms with van der Waals surface area (Å²) in [5.74, 6) is -0.0982. The average Bonchev–Trinajstić information content (AvgIpc) is 3.39. The summed E-state index contributed by atoms with van der Waals surface area (Å²) in [6, 6.07) is 6.92. The molecule has 0 radical (unpaired) electrons. The van der Waals surface area contributed by atoms with Gasteiger partial charge in [0.25, 0.3) is 11.8 Å². The van der Waals surface area contributed by atoms with Gasteiger partial charge in [0.2, 0.25) is 15.9 Å². The molecule has 0 aliphatic carbocycles. The van der Waals surface area contributed by atoms with Crippen LogP contribution in [-0.2, 0) is 4.79 Å². The fourth-order valence-corrected chi connectivity index (χ4v) is 5.01. The van der Waals surface area contributed by atoms with E-state index in [4.69, 9.17) is 4.74 Å². The molecule has 4 rings (SSSR count). The summed E-state index contributed by atoms with van der Waals surface area (Å²) >= 11 is 0.959. The van der Waals surface area contributed by atoms with E-state index >= 15 is 0 Å². The molecule has 2 aliphatic rings. The Balaban J connectivity index is 1.34. The zero-order chi connectivity index (χ0) is 24.1. The van der Waals surface area contributed by atoms with E-state index in [1.54, 1.807) is 36.3 Å². The van der Waals surface area contributed by atoms with Gasteiger partial charge in [-0.3, -0.25) is 14.4 Å². The predicted octanol–water partition coefficient (Wildman–Crippen LogP) is 1.82. The number of carbonyl (C=O) groups is 3. The smallest absolute Gasteiger partial charge is 0.286 e. The van der Waals surface area contributed by atoms with E-state index in [-0.39, 0.29) is 27.7 Å². The Kier molecular flexibility index (Phi) is 7.73. The molecule has 3 heterocycles. The first kappa shape index (κ1) is 24.1. The molecule has 2 aliphatic heterocycles. The Morgan fingerprint density at radius 1 is 1.03 bits per heavy atom. The van der Waals surface area contributed by atoms with Crippen LogP contribution in [0.1, 0.15) is 39.4 Å². The van der Waals surface area contributed by atoms with Crippen LogP contribution < -0.4 is 10.1 Å². The number of methoxy groups -OCH3 is 1. The maximum atomic E-state index is 13.0. The van der Waals surface area contributed by atoms with Crippen LogP contribution in [0.15, 0.2) is 24.3 Å². The zero-order valence-corrected chi connectivity index (χ0v) is 20.3. The number of hydrogen-bond acceptors (Lipinski definition) is 8. The lowest BCUT2D eigenvalue weighted by Crippen LogP contribution is -2.52. The number of nitrogens with zero attached hydrogens (tertiary/aromatic N) is 5. The van der Waals surface area contributed by atoms with Crippen molar-refractivity contribution >= 4 is 34.7 Å². The summed E-state index contributed by atoms with van der Waals surface area (Å²) < 4.78 is 5.11. The molecule has 0 spiro atoms. The van der Waals surface area contributed by atoms with Crippen LogP contribution in [-0.4, -0.2) is 95.5 Å². The van der Waals surface area contributed by atoms with Crippen molar-refractivity contribution in [3.8, 4) is 5.75 Å². The number of nitrogens with one attached hydrogen (secondary N) is 1. The number of anilines is 1. The maximum absolute atomic E-state index is 13.0. The highest BCUT2D eigenvalue weighted by Gasteiger charge is 2.34. The second-order valence-corrected chi connectivity index (χ2v) is 9.42. The van der Waals surface area contributed by atoms with Crippen LogP contribution in [0.3, 0.4) is 0 Å². The molecule has 2 fully saturated rings. The molecule has 3 amide bonds. The van der Waals surface area contributed by atoms with Crippen LogP contribution in [0.25, 0.3) is 0 Å². The van der Waals surface area contributed by atoms with Gasteiger partial charge in [-0.1, -0.05) is 18.3 Å². The molecule has 11 heteroatoms. The van der Waals surface area contributed by atoms with Crippen molar-refractivity contribution in [3.05, 3.63) is 34.3 Å². The molecule has 1 unspecified atom stereocenters. The molecule has 1 aromatic carbocycles. The van der Waals surface area contributed by atoms with Crippen molar-refractivity contribution in [2.24, 2.45) is 5.92 Å². The normalized spacial score (nSPS) is 19.1. The number of hydrogen-bond donors (Lipinski definition) is 1. The number of rotatable bonds is 6. The van der Waals surface area contributed by atoms with Gasteiger partial charge in [-0.05, 0) is 43.7 Å². The van der Waals surface area contributed by atoms with E-state index in [9.17, 15) is 14.4 Å². The van der Waals surface area contributed by atoms with Gasteiger partial charge in [-0.15, -0.1) is 10.2 Å². The Bertz CT molecular complexity index is 1020. The lowest BCUT2D eigenvalue weighted by atomic mass is 9.96. The molecule has 182 valence electrons. The highest BCUT2D eigenvalue weighted by molar-refractivity contribution is 7.15. The minimum absolute atomic E-state index is 0.109. The van der Waals surface area contributed by atoms with Gasteiger partial charge in [0.15, 0.2) is 0 Å². The summed E-state index contributed by atoms with van der Waals surface area (Å²) in [6.07, 6.45) is 1.54. The fraction of sp³-hybridized carbons (Fsp3) is 0.522. The van der Waals surface area contributed by atoms with Gasteiger partial charge in [0.1, 0.15) is 5.75 Å². The number of amides is 3. The second kappa shape index (κ2) is 10.9. The van der Waals surface area contributed by atoms with Gasteiger partial charge >= 0.3 is 0 Å². The number of carbonyl (C=O) groups excluding carboxylic acids is 3. The number of likely N-dealkylation sites (tertiary alicyclic amines) is 1. The zero-order valence-electron chi connectivity index (χ0n) is 19.5. The number of ether oxygens (including phenoxy) is 1. The van der Waals surface area contributed by atoms with E-state index in [0.29, 0.717) is 24.5 Å². The second-order valence-electron chi connectivity index (χ2n) is 8.44. The van der Waals surface area contributed by atoms with E-state index in [0.717, 1.165) is 56.9 Å². The molecule has 0 bridgehead atoms. The first-order valence-electron chi connectivity index (χ1n) is 11.6. The van der Waals surface area contributed by atoms with Crippen molar-refractivity contribution in [2.75, 3.05) is 58.2 Å². The van der Waals surface area contributed by atoms with Crippen molar-refractivity contribution in [1.29, 1.82) is 0 Å². The average molecular weight is 487 g/mol. The van der Waals surface area contributed by atoms with Crippen LogP contribution in [0.2, 0.25) is 0 Å². The minimum Gasteiger partial charge on any atom is -0.497 e. The quantitative estimate of drug-likeness (QED) is 0.664. The Labute approximate surface area is 202 Å². The Morgan fingerprint density at radius 2 is 1.74 bits per heavy atom. The summed E-state index contributed by atoms with van der Waals surface area (Å²) in [7, 11) is 1.57. The first-order chi connectivity index (χ1) is 16.5. The van der Waals surface area contributed by atoms with Crippen LogP contribution in [0.5, 0.6) is 5.75 Å². The molecule has 2 aromatic rings. The third-order valence-corrected chi connectivity index (χ3v) is 7.25. The molecule has 1 N–H and O–H groups in total. The molecule has 0 saturated carbocycles. The molecule has 10 nitrogen and oxygen atoms in total. The minimum atomic E-state index is -0.431. The largest absolute Gasteiger partial charge is 0.497 e. The third-order valence-electron chi connectivity index (χ3n) is 6.34. The summed E-state index contributed by atoms with van der Waals surface area (Å²) in [5.41, 5.74) is 0.589. The lowest BCUT2D eigenvalue weighted by Gasteiger charge is -2.38.